The fraction of sp³-hybridized carbons (Fsp3) is 0.381. The number of hydrogen-bond donors (Lipinski definition) is 1. The Labute approximate surface area is 192 Å². The summed E-state index contributed by atoms with van der Waals surface area (Å²) < 4.78 is 38.4. The zero-order valence-corrected chi connectivity index (χ0v) is 19.2. The standard InChI is InChI=1S/C21H26N4O7S/c1-3-23(15-21(26)22-17-6-4-5-7-19(17)31-2)18-9-8-16(25(27)28)14-20(18)33(29,30)24-10-12-32-13-11-24/h4-9,14H,3,10-13,15H2,1-2H3,(H,22,26). The zero-order valence-electron chi connectivity index (χ0n) is 18.4. The van der Waals surface area contributed by atoms with Gasteiger partial charge in [-0.1, -0.05) is 12.1 Å². The van der Waals surface area contributed by atoms with Gasteiger partial charge in [0, 0.05) is 31.8 Å². The lowest BCUT2D eigenvalue weighted by Crippen LogP contribution is -2.41. The van der Waals surface area contributed by atoms with Crippen molar-refractivity contribution in [3.8, 4) is 5.75 Å². The van der Waals surface area contributed by atoms with Gasteiger partial charge in [-0.2, -0.15) is 4.31 Å². The largest absolute Gasteiger partial charge is 0.495 e. The van der Waals surface area contributed by atoms with Crippen LogP contribution in [0, 0.1) is 10.1 Å². The van der Waals surface area contributed by atoms with Gasteiger partial charge in [0.15, 0.2) is 0 Å². The van der Waals surface area contributed by atoms with E-state index in [0.717, 1.165) is 6.07 Å². The van der Waals surface area contributed by atoms with Gasteiger partial charge in [-0.05, 0) is 25.1 Å². The van der Waals surface area contributed by atoms with Crippen molar-refractivity contribution in [1.82, 2.24) is 4.31 Å². The fourth-order valence-electron chi connectivity index (χ4n) is 3.49. The minimum absolute atomic E-state index is 0.144. The lowest BCUT2D eigenvalue weighted by molar-refractivity contribution is -0.385. The molecule has 33 heavy (non-hydrogen) atoms. The number of nitrogens with zero attached hydrogens (tertiary/aromatic N) is 3. The molecule has 1 heterocycles. The highest BCUT2D eigenvalue weighted by Gasteiger charge is 2.32. The first-order valence-corrected chi connectivity index (χ1v) is 11.8. The van der Waals surface area contributed by atoms with Crippen LogP contribution in [0.5, 0.6) is 5.75 Å². The number of carbonyl (C=O) groups excluding carboxylic acids is 1. The molecule has 1 N–H and O–H groups in total. The maximum Gasteiger partial charge on any atom is 0.270 e. The number of para-hydroxylation sites is 2. The van der Waals surface area contributed by atoms with Crippen molar-refractivity contribution in [1.29, 1.82) is 0 Å². The van der Waals surface area contributed by atoms with E-state index < -0.39 is 20.9 Å². The van der Waals surface area contributed by atoms with Crippen LogP contribution < -0.4 is 15.0 Å². The molecule has 11 nitrogen and oxygen atoms in total. The maximum absolute atomic E-state index is 13.4. The van der Waals surface area contributed by atoms with Crippen LogP contribution in [0.25, 0.3) is 0 Å². The molecule has 2 aromatic carbocycles. The highest BCUT2D eigenvalue weighted by Crippen LogP contribution is 2.32. The minimum Gasteiger partial charge on any atom is -0.495 e. The van der Waals surface area contributed by atoms with E-state index in [1.807, 2.05) is 0 Å². The molecule has 0 atom stereocenters. The summed E-state index contributed by atoms with van der Waals surface area (Å²) >= 11 is 0. The van der Waals surface area contributed by atoms with Crippen molar-refractivity contribution < 1.29 is 27.6 Å². The number of non-ortho nitro benzene ring substituents is 1. The summed E-state index contributed by atoms with van der Waals surface area (Å²) in [7, 11) is -2.56. The summed E-state index contributed by atoms with van der Waals surface area (Å²) in [6, 6.07) is 10.6. The predicted molar refractivity (Wildman–Crippen MR) is 122 cm³/mol. The molecular formula is C21H26N4O7S. The number of hydrogen-bond acceptors (Lipinski definition) is 8. The zero-order chi connectivity index (χ0) is 24.0. The average Bonchev–Trinajstić information content (AvgIpc) is 2.83. The predicted octanol–water partition coefficient (Wildman–Crippen LogP) is 2.09. The summed E-state index contributed by atoms with van der Waals surface area (Å²) in [5.74, 6) is 0.0919. The van der Waals surface area contributed by atoms with E-state index in [9.17, 15) is 23.3 Å². The molecule has 0 saturated carbocycles. The highest BCUT2D eigenvalue weighted by molar-refractivity contribution is 7.89. The molecule has 1 aliphatic heterocycles. The molecular weight excluding hydrogens is 452 g/mol. The smallest absolute Gasteiger partial charge is 0.270 e. The van der Waals surface area contributed by atoms with Gasteiger partial charge in [0.25, 0.3) is 5.69 Å². The van der Waals surface area contributed by atoms with Crippen LogP contribution in [-0.4, -0.2) is 70.1 Å². The Kier molecular flexibility index (Phi) is 7.84. The summed E-state index contributed by atoms with van der Waals surface area (Å²) in [6.07, 6.45) is 0. The van der Waals surface area contributed by atoms with E-state index in [-0.39, 0.29) is 49.1 Å². The van der Waals surface area contributed by atoms with Gasteiger partial charge in [0.2, 0.25) is 15.9 Å². The van der Waals surface area contributed by atoms with Gasteiger partial charge in [0.1, 0.15) is 10.6 Å². The highest BCUT2D eigenvalue weighted by atomic mass is 32.2. The Morgan fingerprint density at radius 1 is 1.24 bits per heavy atom. The number of nitro groups is 1. The number of morpholine rings is 1. The van der Waals surface area contributed by atoms with Crippen LogP contribution in [0.1, 0.15) is 6.92 Å². The van der Waals surface area contributed by atoms with E-state index in [2.05, 4.69) is 5.32 Å². The summed E-state index contributed by atoms with van der Waals surface area (Å²) in [6.45, 7) is 2.66. The summed E-state index contributed by atoms with van der Waals surface area (Å²) in [5.41, 5.74) is 0.343. The molecule has 1 fully saturated rings. The van der Waals surface area contributed by atoms with E-state index >= 15 is 0 Å². The number of carbonyl (C=O) groups is 1. The number of nitrogens with one attached hydrogen (secondary N) is 1. The Bertz CT molecular complexity index is 1120. The van der Waals surface area contributed by atoms with Gasteiger partial charge >= 0.3 is 0 Å². The number of ether oxygens (including phenoxy) is 2. The molecule has 12 heteroatoms. The normalized spacial score (nSPS) is 14.5. The van der Waals surface area contributed by atoms with Crippen LogP contribution in [0.15, 0.2) is 47.4 Å². The molecule has 2 aromatic rings. The SMILES string of the molecule is CCN(CC(=O)Nc1ccccc1OC)c1ccc([N+](=O)[O-])cc1S(=O)(=O)N1CCOCC1. The molecule has 1 aliphatic rings. The molecule has 3 rings (SSSR count). The Morgan fingerprint density at radius 3 is 2.58 bits per heavy atom. The number of benzene rings is 2. The maximum atomic E-state index is 13.4. The van der Waals surface area contributed by atoms with Crippen molar-refractivity contribution in [3.05, 3.63) is 52.6 Å². The molecule has 1 saturated heterocycles. The van der Waals surface area contributed by atoms with Crippen molar-refractivity contribution >= 4 is 33.0 Å². The molecule has 0 bridgehead atoms. The van der Waals surface area contributed by atoms with E-state index in [0.29, 0.717) is 18.0 Å². The topological polar surface area (TPSA) is 131 Å². The quantitative estimate of drug-likeness (QED) is 0.428. The lowest BCUT2D eigenvalue weighted by Gasteiger charge is -2.29. The first-order chi connectivity index (χ1) is 15.8. The number of nitro benzene ring substituents is 1. The van der Waals surface area contributed by atoms with Crippen LogP contribution in [0.3, 0.4) is 0 Å². The second kappa shape index (κ2) is 10.6. The summed E-state index contributed by atoms with van der Waals surface area (Å²) in [5, 5.41) is 14.1. The molecule has 0 unspecified atom stereocenters. The van der Waals surface area contributed by atoms with Crippen molar-refractivity contribution in [3.63, 3.8) is 0 Å². The van der Waals surface area contributed by atoms with Gasteiger partial charge in [-0.25, -0.2) is 8.42 Å². The first-order valence-electron chi connectivity index (χ1n) is 10.3. The molecule has 178 valence electrons. The number of amides is 1. The lowest BCUT2D eigenvalue weighted by atomic mass is 10.2. The molecule has 0 aromatic heterocycles. The molecule has 0 aliphatic carbocycles. The second-order valence-electron chi connectivity index (χ2n) is 7.19. The Morgan fingerprint density at radius 2 is 1.94 bits per heavy atom. The number of methoxy groups -OCH3 is 1. The van der Waals surface area contributed by atoms with Crippen molar-refractivity contribution in [2.75, 3.05) is 56.7 Å². The van der Waals surface area contributed by atoms with Crippen LogP contribution >= 0.6 is 0 Å². The monoisotopic (exact) mass is 478 g/mol. The number of rotatable bonds is 9. The van der Waals surface area contributed by atoms with Gasteiger partial charge in [-0.3, -0.25) is 14.9 Å². The third-order valence-corrected chi connectivity index (χ3v) is 7.11. The Balaban J connectivity index is 1.93. The van der Waals surface area contributed by atoms with Crippen LogP contribution in [0.2, 0.25) is 0 Å². The van der Waals surface area contributed by atoms with E-state index in [1.165, 1.54) is 23.5 Å². The van der Waals surface area contributed by atoms with Crippen LogP contribution in [0.4, 0.5) is 17.1 Å². The molecule has 0 spiro atoms. The van der Waals surface area contributed by atoms with Crippen LogP contribution in [-0.2, 0) is 19.6 Å². The minimum atomic E-state index is -4.05. The fourth-order valence-corrected chi connectivity index (χ4v) is 5.13. The number of likely N-dealkylation sites (N-methyl/N-ethyl adjacent to an activating group) is 1. The van der Waals surface area contributed by atoms with Gasteiger partial charge in [-0.15, -0.1) is 0 Å². The van der Waals surface area contributed by atoms with Crippen molar-refractivity contribution in [2.45, 2.75) is 11.8 Å². The molecule has 1 amide bonds. The van der Waals surface area contributed by atoms with Crippen molar-refractivity contribution in [2.24, 2.45) is 0 Å². The third-order valence-electron chi connectivity index (χ3n) is 5.18. The Hall–Kier alpha value is -3.22. The van der Waals surface area contributed by atoms with Gasteiger partial charge < -0.3 is 19.7 Å². The second-order valence-corrected chi connectivity index (χ2v) is 9.09. The molecule has 0 radical (unpaired) electrons. The number of anilines is 2. The third kappa shape index (κ3) is 5.59. The first kappa shape index (κ1) is 24.4. The van der Waals surface area contributed by atoms with E-state index in [4.69, 9.17) is 9.47 Å². The summed E-state index contributed by atoms with van der Waals surface area (Å²) in [4.78, 5) is 24.8. The average molecular weight is 479 g/mol. The van der Waals surface area contributed by atoms with E-state index in [1.54, 1.807) is 36.1 Å². The number of sulfonamides is 1. The van der Waals surface area contributed by atoms with Gasteiger partial charge in [0.05, 0.1) is 43.2 Å².